The Bertz CT molecular complexity index is 156. The molecule has 0 aromatic carbocycles. The Balaban J connectivity index is 0.000000811. The van der Waals surface area contributed by atoms with Gasteiger partial charge in [0.05, 0.1) is 0 Å². The molecular weight excluding hydrogens is 215 g/mol. The lowest BCUT2D eigenvalue weighted by atomic mass is 9.76. The molecule has 0 bridgehead atoms. The molecule has 0 atom stereocenters. The van der Waals surface area contributed by atoms with Gasteiger partial charge in [-0.3, -0.25) is 0 Å². The average molecular weight is 246 g/mol. The van der Waals surface area contributed by atoms with Gasteiger partial charge in [-0.2, -0.15) is 0 Å². The molecule has 2 heteroatoms. The van der Waals surface area contributed by atoms with Crippen LogP contribution in [0.2, 0.25) is 0 Å². The van der Waals surface area contributed by atoms with Crippen LogP contribution < -0.4 is 0 Å². The van der Waals surface area contributed by atoms with Gasteiger partial charge in [0.15, 0.2) is 0 Å². The summed E-state index contributed by atoms with van der Waals surface area (Å²) in [4.78, 5) is 0. The zero-order valence-corrected chi connectivity index (χ0v) is 11.7. The quantitative estimate of drug-likeness (QED) is 0.601. The summed E-state index contributed by atoms with van der Waals surface area (Å²) in [5, 5.41) is 0. The molecule has 2 fully saturated rings. The summed E-state index contributed by atoms with van der Waals surface area (Å²) in [7, 11) is 0. The van der Waals surface area contributed by atoms with Crippen molar-refractivity contribution in [2.75, 3.05) is 0 Å². The van der Waals surface area contributed by atoms with Gasteiger partial charge in [-0.1, -0.05) is 52.4 Å². The number of alkyl halides is 1. The summed E-state index contributed by atoms with van der Waals surface area (Å²) in [5.74, 6) is 1.82. The van der Waals surface area contributed by atoms with Crippen LogP contribution in [0.25, 0.3) is 0 Å². The second-order valence-corrected chi connectivity index (χ2v) is 5.26. The van der Waals surface area contributed by atoms with Crippen LogP contribution in [-0.4, -0.2) is 11.6 Å². The van der Waals surface area contributed by atoms with E-state index in [2.05, 4.69) is 0 Å². The van der Waals surface area contributed by atoms with E-state index in [9.17, 15) is 4.39 Å². The minimum Gasteiger partial charge on any atom is -0.412 e. The van der Waals surface area contributed by atoms with Gasteiger partial charge in [0.2, 0.25) is 0 Å². The van der Waals surface area contributed by atoms with Gasteiger partial charge < -0.3 is 5.48 Å². The molecule has 1 nitrogen and oxygen atoms in total. The van der Waals surface area contributed by atoms with Crippen LogP contribution in [0.1, 0.15) is 78.1 Å². The molecule has 0 heterocycles. The molecule has 0 aromatic heterocycles. The summed E-state index contributed by atoms with van der Waals surface area (Å²) in [6, 6.07) is 0. The minimum atomic E-state index is -0.475. The third-order valence-corrected chi connectivity index (χ3v) is 4.27. The fraction of sp³-hybridized carbons (Fsp3) is 1.00. The molecule has 0 aromatic rings. The molecule has 0 aliphatic heterocycles. The highest BCUT2D eigenvalue weighted by Gasteiger charge is 2.27. The Labute approximate surface area is 106 Å². The molecule has 0 amide bonds. The SMILES string of the molecule is CC.FC1CCC(C2CCCCCC2)CC1.O. The van der Waals surface area contributed by atoms with Gasteiger partial charge in [0.1, 0.15) is 6.17 Å². The van der Waals surface area contributed by atoms with Gasteiger partial charge in [-0.25, -0.2) is 4.39 Å². The zero-order valence-electron chi connectivity index (χ0n) is 11.7. The summed E-state index contributed by atoms with van der Waals surface area (Å²) in [5.41, 5.74) is 0. The lowest BCUT2D eigenvalue weighted by Gasteiger charge is -2.30. The lowest BCUT2D eigenvalue weighted by Crippen LogP contribution is -2.22. The van der Waals surface area contributed by atoms with Gasteiger partial charge in [-0.15, -0.1) is 0 Å². The Morgan fingerprint density at radius 1 is 0.647 bits per heavy atom. The standard InChI is InChI=1S/C13H23F.C2H6.H2O/c14-13-9-7-12(8-10-13)11-5-3-1-2-4-6-11;1-2;/h11-13H,1-10H2;1-2H3;1H2. The van der Waals surface area contributed by atoms with Gasteiger partial charge in [0.25, 0.3) is 0 Å². The molecule has 0 spiro atoms. The van der Waals surface area contributed by atoms with Crippen LogP contribution in [0, 0.1) is 11.8 Å². The van der Waals surface area contributed by atoms with Crippen LogP contribution >= 0.6 is 0 Å². The van der Waals surface area contributed by atoms with E-state index in [1.807, 2.05) is 13.8 Å². The van der Waals surface area contributed by atoms with Crippen molar-refractivity contribution >= 4 is 0 Å². The predicted molar refractivity (Wildman–Crippen MR) is 73.0 cm³/mol. The second-order valence-electron chi connectivity index (χ2n) is 5.26. The summed E-state index contributed by atoms with van der Waals surface area (Å²) >= 11 is 0. The third-order valence-electron chi connectivity index (χ3n) is 4.27. The molecule has 17 heavy (non-hydrogen) atoms. The summed E-state index contributed by atoms with van der Waals surface area (Å²) < 4.78 is 13.0. The largest absolute Gasteiger partial charge is 0.412 e. The van der Waals surface area contributed by atoms with Crippen molar-refractivity contribution in [3.8, 4) is 0 Å². The summed E-state index contributed by atoms with van der Waals surface area (Å²) in [6.07, 6.45) is 12.2. The fourth-order valence-corrected chi connectivity index (χ4v) is 3.33. The van der Waals surface area contributed by atoms with Gasteiger partial charge >= 0.3 is 0 Å². The summed E-state index contributed by atoms with van der Waals surface area (Å²) in [6.45, 7) is 4.00. The first-order chi connectivity index (χ1) is 7.86. The maximum absolute atomic E-state index is 13.0. The van der Waals surface area contributed by atoms with Crippen molar-refractivity contribution < 1.29 is 9.87 Å². The topological polar surface area (TPSA) is 31.5 Å². The molecular formula is C15H31FO. The van der Waals surface area contributed by atoms with Crippen LogP contribution in [-0.2, 0) is 0 Å². The fourth-order valence-electron chi connectivity index (χ4n) is 3.33. The first kappa shape index (κ1) is 16.9. The number of hydrogen-bond donors (Lipinski definition) is 0. The number of halogens is 1. The Morgan fingerprint density at radius 3 is 1.53 bits per heavy atom. The Morgan fingerprint density at radius 2 is 1.06 bits per heavy atom. The van der Waals surface area contributed by atoms with Crippen LogP contribution in [0.15, 0.2) is 0 Å². The molecule has 2 aliphatic carbocycles. The normalized spacial score (nSPS) is 30.5. The second kappa shape index (κ2) is 9.87. The molecule has 2 rings (SSSR count). The van der Waals surface area contributed by atoms with E-state index in [4.69, 9.17) is 0 Å². The molecule has 0 unspecified atom stereocenters. The third kappa shape index (κ3) is 5.85. The molecule has 2 saturated carbocycles. The number of hydrogen-bond acceptors (Lipinski definition) is 0. The van der Waals surface area contributed by atoms with Gasteiger partial charge in [-0.05, 0) is 37.5 Å². The lowest BCUT2D eigenvalue weighted by molar-refractivity contribution is 0.157. The highest BCUT2D eigenvalue weighted by Crippen LogP contribution is 2.38. The zero-order chi connectivity index (χ0) is 11.8. The Hall–Kier alpha value is -0.110. The number of rotatable bonds is 1. The van der Waals surface area contributed by atoms with Crippen LogP contribution in [0.5, 0.6) is 0 Å². The van der Waals surface area contributed by atoms with E-state index in [1.165, 1.54) is 51.4 Å². The van der Waals surface area contributed by atoms with Crippen molar-refractivity contribution in [2.24, 2.45) is 11.8 Å². The molecule has 104 valence electrons. The maximum atomic E-state index is 13.0. The molecule has 0 saturated heterocycles. The molecule has 0 radical (unpaired) electrons. The van der Waals surface area contributed by atoms with Crippen LogP contribution in [0.4, 0.5) is 4.39 Å². The highest BCUT2D eigenvalue weighted by atomic mass is 19.1. The first-order valence-corrected chi connectivity index (χ1v) is 7.50. The highest BCUT2D eigenvalue weighted by molar-refractivity contribution is 4.78. The van der Waals surface area contributed by atoms with E-state index < -0.39 is 6.17 Å². The van der Waals surface area contributed by atoms with E-state index in [0.717, 1.165) is 24.7 Å². The monoisotopic (exact) mass is 246 g/mol. The van der Waals surface area contributed by atoms with E-state index >= 15 is 0 Å². The minimum absolute atomic E-state index is 0. The molecule has 2 aliphatic rings. The smallest absolute Gasteiger partial charge is 0.100 e. The van der Waals surface area contributed by atoms with Gasteiger partial charge in [0, 0.05) is 0 Å². The van der Waals surface area contributed by atoms with Crippen LogP contribution in [0.3, 0.4) is 0 Å². The van der Waals surface area contributed by atoms with E-state index in [1.54, 1.807) is 0 Å². The first-order valence-electron chi connectivity index (χ1n) is 7.50. The van der Waals surface area contributed by atoms with Crippen molar-refractivity contribution in [1.29, 1.82) is 0 Å². The predicted octanol–water partition coefficient (Wildman–Crippen LogP) is 4.69. The van der Waals surface area contributed by atoms with E-state index in [0.29, 0.717) is 0 Å². The average Bonchev–Trinajstić information content (AvgIpc) is 2.61. The molecule has 2 N–H and O–H groups in total. The van der Waals surface area contributed by atoms with Crippen molar-refractivity contribution in [1.82, 2.24) is 0 Å². The van der Waals surface area contributed by atoms with E-state index in [-0.39, 0.29) is 5.48 Å². The Kier molecular flexibility index (Phi) is 9.81. The van der Waals surface area contributed by atoms with Crippen molar-refractivity contribution in [3.05, 3.63) is 0 Å². The van der Waals surface area contributed by atoms with Crippen molar-refractivity contribution in [2.45, 2.75) is 84.2 Å². The van der Waals surface area contributed by atoms with Crippen molar-refractivity contribution in [3.63, 3.8) is 0 Å². The maximum Gasteiger partial charge on any atom is 0.100 e.